The number of rotatable bonds is 2. The summed E-state index contributed by atoms with van der Waals surface area (Å²) in [6, 6.07) is 0. The summed E-state index contributed by atoms with van der Waals surface area (Å²) in [4.78, 5) is 15.1. The first-order valence-corrected chi connectivity index (χ1v) is 4.40. The topological polar surface area (TPSA) is 50.7 Å². The number of amides is 1. The van der Waals surface area contributed by atoms with Crippen LogP contribution >= 0.6 is 0 Å². The number of hydrogen-bond donors (Lipinski definition) is 1. The van der Waals surface area contributed by atoms with E-state index in [-0.39, 0.29) is 18.4 Å². The van der Waals surface area contributed by atoms with Gasteiger partial charge in [-0.3, -0.25) is 4.79 Å². The Morgan fingerprint density at radius 3 is 2.86 bits per heavy atom. The summed E-state index contributed by atoms with van der Waals surface area (Å²) >= 11 is 0. The maximum absolute atomic E-state index is 11.0. The second-order valence-corrected chi connectivity index (χ2v) is 3.37. The minimum absolute atomic E-state index is 0.00596. The Labute approximate surface area is 83.4 Å². The van der Waals surface area contributed by atoms with E-state index in [2.05, 4.69) is 23.5 Å². The van der Waals surface area contributed by atoms with Crippen molar-refractivity contribution in [1.29, 1.82) is 0 Å². The number of nitrogens with zero attached hydrogens (tertiary/aromatic N) is 1. The Kier molecular flexibility index (Phi) is 3.06. The predicted octanol–water partition coefficient (Wildman–Crippen LogP) is 1.21. The minimum atomic E-state index is -0.215. The average molecular weight is 194 g/mol. The van der Waals surface area contributed by atoms with Crippen LogP contribution in [0.1, 0.15) is 13.8 Å². The van der Waals surface area contributed by atoms with Crippen molar-refractivity contribution in [2.75, 3.05) is 6.61 Å². The summed E-state index contributed by atoms with van der Waals surface area (Å²) in [5, 5.41) is 2.58. The van der Waals surface area contributed by atoms with Gasteiger partial charge in [-0.05, 0) is 5.92 Å². The number of ether oxygens (including phenoxy) is 1. The van der Waals surface area contributed by atoms with Crippen LogP contribution in [0.2, 0.25) is 0 Å². The molecule has 4 heteroatoms. The first kappa shape index (κ1) is 10.5. The average Bonchev–Trinajstić information content (AvgIpc) is 2.11. The fourth-order valence-electron chi connectivity index (χ4n) is 0.822. The number of carbonyl (C=O) groups is 1. The van der Waals surface area contributed by atoms with Gasteiger partial charge in [-0.25, -0.2) is 4.99 Å². The van der Waals surface area contributed by atoms with Gasteiger partial charge in [0.15, 0.2) is 18.2 Å². The van der Waals surface area contributed by atoms with Crippen molar-refractivity contribution in [1.82, 2.24) is 5.32 Å². The molecular formula is C10H14N2O2. The highest BCUT2D eigenvalue weighted by Crippen LogP contribution is 2.11. The number of aliphatic imine (C=N–C) groups is 1. The molecule has 1 fully saturated rings. The third kappa shape index (κ3) is 2.45. The first-order chi connectivity index (χ1) is 6.50. The lowest BCUT2D eigenvalue weighted by molar-refractivity contribution is -0.123. The predicted molar refractivity (Wildman–Crippen MR) is 54.6 cm³/mol. The molecule has 1 aliphatic rings. The fraction of sp³-hybridized carbons (Fsp3) is 0.400. The Morgan fingerprint density at radius 2 is 2.29 bits per heavy atom. The van der Waals surface area contributed by atoms with E-state index in [0.29, 0.717) is 17.3 Å². The largest absolute Gasteiger partial charge is 0.481 e. The number of hydrogen-bond acceptors (Lipinski definition) is 3. The van der Waals surface area contributed by atoms with Crippen molar-refractivity contribution in [2.45, 2.75) is 13.8 Å². The Bertz CT molecular complexity index is 316. The van der Waals surface area contributed by atoms with Gasteiger partial charge in [0, 0.05) is 5.70 Å². The molecule has 0 aliphatic carbocycles. The van der Waals surface area contributed by atoms with E-state index in [9.17, 15) is 4.79 Å². The van der Waals surface area contributed by atoms with Crippen molar-refractivity contribution >= 4 is 11.7 Å². The maximum Gasteiger partial charge on any atom is 0.263 e. The fourth-order valence-corrected chi connectivity index (χ4v) is 0.822. The van der Waals surface area contributed by atoms with Gasteiger partial charge in [-0.2, -0.15) is 0 Å². The highest BCUT2D eigenvalue weighted by molar-refractivity contribution is 6.08. The van der Waals surface area contributed by atoms with E-state index in [1.807, 2.05) is 13.8 Å². The summed E-state index contributed by atoms with van der Waals surface area (Å²) in [6.07, 6.45) is 0. The lowest BCUT2D eigenvalue weighted by Crippen LogP contribution is -2.40. The van der Waals surface area contributed by atoms with Gasteiger partial charge >= 0.3 is 0 Å². The number of nitrogens with one attached hydrogen (secondary N) is 1. The van der Waals surface area contributed by atoms with Gasteiger partial charge < -0.3 is 10.1 Å². The zero-order valence-electron chi connectivity index (χ0n) is 8.46. The molecule has 1 N–H and O–H groups in total. The second kappa shape index (κ2) is 4.09. The minimum Gasteiger partial charge on any atom is -0.481 e. The van der Waals surface area contributed by atoms with Gasteiger partial charge in [0.05, 0.1) is 0 Å². The molecule has 1 rings (SSSR count). The van der Waals surface area contributed by atoms with E-state index in [0.717, 1.165) is 0 Å². The van der Waals surface area contributed by atoms with Crippen LogP contribution in [0, 0.1) is 5.92 Å². The lowest BCUT2D eigenvalue weighted by Gasteiger charge is -2.18. The smallest absolute Gasteiger partial charge is 0.263 e. The van der Waals surface area contributed by atoms with Crippen LogP contribution in [-0.2, 0) is 9.53 Å². The van der Waals surface area contributed by atoms with Crippen molar-refractivity contribution in [3.8, 4) is 0 Å². The maximum atomic E-state index is 11.0. The van der Waals surface area contributed by atoms with Crippen LogP contribution in [0.15, 0.2) is 29.6 Å². The third-order valence-electron chi connectivity index (χ3n) is 1.82. The number of carbonyl (C=O) groups excluding carboxylic acids is 1. The molecule has 0 unspecified atom stereocenters. The summed E-state index contributed by atoms with van der Waals surface area (Å²) in [5.41, 5.74) is 0.687. The van der Waals surface area contributed by atoms with Gasteiger partial charge in [0.1, 0.15) is 0 Å². The van der Waals surface area contributed by atoms with Crippen molar-refractivity contribution in [3.63, 3.8) is 0 Å². The molecule has 1 aliphatic heterocycles. The monoisotopic (exact) mass is 194 g/mol. The van der Waals surface area contributed by atoms with Crippen molar-refractivity contribution < 1.29 is 9.53 Å². The van der Waals surface area contributed by atoms with E-state index in [4.69, 9.17) is 4.74 Å². The van der Waals surface area contributed by atoms with Crippen molar-refractivity contribution in [3.05, 3.63) is 24.6 Å². The van der Waals surface area contributed by atoms with E-state index in [1.165, 1.54) is 0 Å². The number of allylic oxidation sites excluding steroid dienone is 1. The molecule has 0 spiro atoms. The Hall–Kier alpha value is -1.58. The quantitative estimate of drug-likeness (QED) is 0.718. The molecule has 76 valence electrons. The highest BCUT2D eigenvalue weighted by atomic mass is 16.5. The summed E-state index contributed by atoms with van der Waals surface area (Å²) in [5.74, 6) is 0.758. The van der Waals surface area contributed by atoms with Gasteiger partial charge in [-0.1, -0.05) is 27.0 Å². The molecule has 1 saturated heterocycles. The SMILES string of the molecule is C=C1OCC(=O)NC1=NC(=C)C(C)C. The summed E-state index contributed by atoms with van der Waals surface area (Å²) < 4.78 is 5.00. The van der Waals surface area contributed by atoms with Crippen LogP contribution in [0.25, 0.3) is 0 Å². The number of morpholine rings is 1. The standard InChI is InChI=1S/C10H14N2O2/c1-6(2)7(3)11-10-8(4)14-5-9(13)12-10/h6H,3-5H2,1-2H3,(H,11,12,13). The molecule has 0 atom stereocenters. The zero-order valence-corrected chi connectivity index (χ0v) is 8.46. The van der Waals surface area contributed by atoms with Gasteiger partial charge in [0.2, 0.25) is 0 Å². The van der Waals surface area contributed by atoms with E-state index in [1.54, 1.807) is 0 Å². The van der Waals surface area contributed by atoms with Crippen LogP contribution in [0.4, 0.5) is 0 Å². The van der Waals surface area contributed by atoms with E-state index >= 15 is 0 Å². The summed E-state index contributed by atoms with van der Waals surface area (Å²) in [7, 11) is 0. The molecule has 0 radical (unpaired) electrons. The summed E-state index contributed by atoms with van der Waals surface area (Å²) in [6.45, 7) is 11.4. The van der Waals surface area contributed by atoms with Crippen molar-refractivity contribution in [2.24, 2.45) is 10.9 Å². The molecule has 0 aromatic rings. The third-order valence-corrected chi connectivity index (χ3v) is 1.82. The van der Waals surface area contributed by atoms with Gasteiger partial charge in [0.25, 0.3) is 5.91 Å². The van der Waals surface area contributed by atoms with Gasteiger partial charge in [-0.15, -0.1) is 0 Å². The van der Waals surface area contributed by atoms with Crippen LogP contribution < -0.4 is 5.32 Å². The lowest BCUT2D eigenvalue weighted by atomic mass is 10.2. The van der Waals surface area contributed by atoms with E-state index < -0.39 is 0 Å². The molecule has 4 nitrogen and oxygen atoms in total. The second-order valence-electron chi connectivity index (χ2n) is 3.37. The molecule has 1 heterocycles. The highest BCUT2D eigenvalue weighted by Gasteiger charge is 2.18. The molecule has 0 aromatic carbocycles. The Morgan fingerprint density at radius 1 is 1.64 bits per heavy atom. The molecule has 14 heavy (non-hydrogen) atoms. The molecular weight excluding hydrogens is 180 g/mol. The molecule has 0 saturated carbocycles. The Balaban J connectivity index is 2.79. The van der Waals surface area contributed by atoms with Crippen LogP contribution in [-0.4, -0.2) is 18.3 Å². The first-order valence-electron chi connectivity index (χ1n) is 4.40. The number of amidine groups is 1. The van der Waals surface area contributed by atoms with Crippen LogP contribution in [0.3, 0.4) is 0 Å². The molecule has 1 amide bonds. The molecule has 0 bridgehead atoms. The normalized spacial score (nSPS) is 19.5. The zero-order chi connectivity index (χ0) is 10.7. The van der Waals surface area contributed by atoms with Crippen LogP contribution in [0.5, 0.6) is 0 Å². The molecule has 0 aromatic heterocycles.